The number of carbonyl (C=O) groups excluding carboxylic acids is 1. The average molecular weight is 276 g/mol. The van der Waals surface area contributed by atoms with E-state index in [9.17, 15) is 9.90 Å². The number of rotatable bonds is 2. The Labute approximate surface area is 117 Å². The smallest absolute Gasteiger partial charge is 0.0651 e. The van der Waals surface area contributed by atoms with Crippen LogP contribution in [0.1, 0.15) is 37.2 Å². The van der Waals surface area contributed by atoms with Crippen molar-refractivity contribution in [1.82, 2.24) is 5.32 Å². The molecule has 3 nitrogen and oxygen atoms in total. The van der Waals surface area contributed by atoms with Crippen LogP contribution >= 0.6 is 11.8 Å². The zero-order valence-electron chi connectivity index (χ0n) is 10.8. The number of thioether (sulfide) groups is 1. The molecule has 1 saturated carbocycles. The quantitative estimate of drug-likeness (QED) is 0.889. The van der Waals surface area contributed by atoms with E-state index in [0.717, 1.165) is 25.7 Å². The zero-order valence-corrected chi connectivity index (χ0v) is 11.6. The Morgan fingerprint density at radius 2 is 1.95 bits per heavy atom. The zero-order chi connectivity index (χ0) is 13.3. The highest BCUT2D eigenvalue weighted by molar-refractivity contribution is 8.00. The minimum atomic E-state index is -0.963. The third kappa shape index (κ3) is 2.65. The van der Waals surface area contributed by atoms with Crippen molar-refractivity contribution < 1.29 is 9.90 Å². The highest BCUT2D eigenvalue weighted by atomic mass is 32.2. The van der Waals surface area contributed by atoms with Gasteiger partial charge in [-0.15, -0.1) is 11.8 Å². The number of nitrogens with one attached hydrogen (secondary N) is 1. The van der Waals surface area contributed by atoms with Crippen LogP contribution in [0, 0.1) is 0 Å². The number of hydrogen-bond acceptors (Lipinski definition) is 4. The lowest BCUT2D eigenvalue weighted by Crippen LogP contribution is -2.51. The number of carboxylic acids is 1. The van der Waals surface area contributed by atoms with Crippen molar-refractivity contribution in [2.75, 3.05) is 5.75 Å². The molecule has 1 aromatic carbocycles. The SMILES string of the molecule is O=C([O-])C1CSC2(CCC(c3ccccc3)CC2)N1. The fourth-order valence-corrected chi connectivity index (χ4v) is 4.66. The highest BCUT2D eigenvalue weighted by Gasteiger charge is 2.42. The van der Waals surface area contributed by atoms with Crippen LogP contribution in [0.2, 0.25) is 0 Å². The van der Waals surface area contributed by atoms with Crippen molar-refractivity contribution in [2.24, 2.45) is 0 Å². The van der Waals surface area contributed by atoms with Crippen LogP contribution in [0.4, 0.5) is 0 Å². The molecule has 0 bridgehead atoms. The van der Waals surface area contributed by atoms with Crippen LogP contribution in [0.3, 0.4) is 0 Å². The summed E-state index contributed by atoms with van der Waals surface area (Å²) < 4.78 is 0. The van der Waals surface area contributed by atoms with E-state index in [1.54, 1.807) is 11.8 Å². The van der Waals surface area contributed by atoms with Gasteiger partial charge < -0.3 is 9.90 Å². The third-order valence-electron chi connectivity index (χ3n) is 4.31. The molecule has 0 aromatic heterocycles. The van der Waals surface area contributed by atoms with E-state index in [2.05, 4.69) is 29.6 Å². The molecular formula is C15H18NO2S-. The molecule has 1 atom stereocenters. The molecule has 1 aromatic rings. The maximum Gasteiger partial charge on any atom is 0.0651 e. The molecule has 0 radical (unpaired) electrons. The molecule has 1 aliphatic carbocycles. The number of benzene rings is 1. The first-order valence-electron chi connectivity index (χ1n) is 6.86. The van der Waals surface area contributed by atoms with Crippen LogP contribution in [-0.2, 0) is 4.79 Å². The van der Waals surface area contributed by atoms with Crippen molar-refractivity contribution >= 4 is 17.7 Å². The van der Waals surface area contributed by atoms with Crippen molar-refractivity contribution in [2.45, 2.75) is 42.5 Å². The molecule has 2 fully saturated rings. The lowest BCUT2D eigenvalue weighted by molar-refractivity contribution is -0.307. The summed E-state index contributed by atoms with van der Waals surface area (Å²) in [7, 11) is 0. The van der Waals surface area contributed by atoms with E-state index in [-0.39, 0.29) is 4.87 Å². The molecule has 3 rings (SSSR count). The Hall–Kier alpha value is -1.00. The van der Waals surface area contributed by atoms with E-state index >= 15 is 0 Å². The Bertz CT molecular complexity index is 454. The Morgan fingerprint density at radius 1 is 1.26 bits per heavy atom. The van der Waals surface area contributed by atoms with Gasteiger partial charge in [-0.1, -0.05) is 30.3 Å². The molecule has 1 saturated heterocycles. The van der Waals surface area contributed by atoms with Gasteiger partial charge in [-0.3, -0.25) is 5.32 Å². The van der Waals surface area contributed by atoms with E-state index in [1.807, 2.05) is 6.07 Å². The van der Waals surface area contributed by atoms with Gasteiger partial charge in [-0.2, -0.15) is 0 Å². The fourth-order valence-electron chi connectivity index (χ4n) is 3.20. The van der Waals surface area contributed by atoms with Gasteiger partial charge in [-0.25, -0.2) is 0 Å². The van der Waals surface area contributed by atoms with Crippen molar-refractivity contribution in [3.05, 3.63) is 35.9 Å². The van der Waals surface area contributed by atoms with Gasteiger partial charge in [0, 0.05) is 5.75 Å². The van der Waals surface area contributed by atoms with E-state index < -0.39 is 12.0 Å². The van der Waals surface area contributed by atoms with Crippen LogP contribution in [0.25, 0.3) is 0 Å². The Morgan fingerprint density at radius 3 is 2.53 bits per heavy atom. The summed E-state index contributed by atoms with van der Waals surface area (Å²) in [5.41, 5.74) is 1.41. The molecule has 1 spiro atoms. The van der Waals surface area contributed by atoms with Crippen molar-refractivity contribution in [3.63, 3.8) is 0 Å². The maximum atomic E-state index is 10.9. The summed E-state index contributed by atoms with van der Waals surface area (Å²) in [4.78, 5) is 10.9. The third-order valence-corrected chi connectivity index (χ3v) is 5.89. The first-order valence-corrected chi connectivity index (χ1v) is 7.85. The Kier molecular flexibility index (Phi) is 3.54. The fraction of sp³-hybridized carbons (Fsp3) is 0.533. The van der Waals surface area contributed by atoms with E-state index in [4.69, 9.17) is 0 Å². The molecule has 1 N–H and O–H groups in total. The molecule has 2 aliphatic rings. The summed E-state index contributed by atoms with van der Waals surface area (Å²) in [6.07, 6.45) is 4.34. The lowest BCUT2D eigenvalue weighted by Gasteiger charge is -2.37. The summed E-state index contributed by atoms with van der Waals surface area (Å²) in [6.45, 7) is 0. The standard InChI is InChI=1S/C15H19NO2S/c17-14(18)13-10-19-15(16-13)8-6-12(7-9-15)11-4-2-1-3-5-11/h1-5,12-13,16H,6-10H2,(H,17,18)/p-1. The summed E-state index contributed by atoms with van der Waals surface area (Å²) >= 11 is 1.77. The van der Waals surface area contributed by atoms with Crippen LogP contribution in [0.15, 0.2) is 30.3 Å². The lowest BCUT2D eigenvalue weighted by atomic mass is 9.81. The Balaban J connectivity index is 1.63. The average Bonchev–Trinajstić information content (AvgIpc) is 2.85. The van der Waals surface area contributed by atoms with Crippen LogP contribution in [0.5, 0.6) is 0 Å². The van der Waals surface area contributed by atoms with Gasteiger partial charge in [0.2, 0.25) is 0 Å². The molecule has 1 heterocycles. The number of carbonyl (C=O) groups is 1. The minimum Gasteiger partial charge on any atom is -0.548 e. The van der Waals surface area contributed by atoms with Gasteiger partial charge in [0.1, 0.15) is 0 Å². The molecule has 1 aliphatic heterocycles. The number of hydrogen-bond donors (Lipinski definition) is 1. The predicted molar refractivity (Wildman–Crippen MR) is 74.8 cm³/mol. The number of carboxylic acid groups (broad SMARTS) is 1. The molecule has 1 unspecified atom stereocenters. The minimum absolute atomic E-state index is 0.0178. The molecule has 102 valence electrons. The van der Waals surface area contributed by atoms with E-state index in [0.29, 0.717) is 11.7 Å². The highest BCUT2D eigenvalue weighted by Crippen LogP contribution is 2.46. The van der Waals surface area contributed by atoms with Gasteiger partial charge in [0.15, 0.2) is 0 Å². The molecule has 0 amide bonds. The number of aliphatic carboxylic acids is 1. The van der Waals surface area contributed by atoms with Crippen molar-refractivity contribution in [1.29, 1.82) is 0 Å². The van der Waals surface area contributed by atoms with Crippen LogP contribution in [-0.4, -0.2) is 22.6 Å². The second-order valence-electron chi connectivity index (χ2n) is 5.51. The van der Waals surface area contributed by atoms with Crippen molar-refractivity contribution in [3.8, 4) is 0 Å². The molecular weight excluding hydrogens is 258 g/mol. The molecule has 4 heteroatoms. The molecule has 19 heavy (non-hydrogen) atoms. The van der Waals surface area contributed by atoms with Gasteiger partial charge in [0.05, 0.1) is 16.9 Å². The first kappa shape index (κ1) is 13.0. The van der Waals surface area contributed by atoms with Gasteiger partial charge >= 0.3 is 0 Å². The summed E-state index contributed by atoms with van der Waals surface area (Å²) in [5, 5.41) is 14.2. The van der Waals surface area contributed by atoms with Crippen LogP contribution < -0.4 is 10.4 Å². The second-order valence-corrected chi connectivity index (χ2v) is 6.91. The van der Waals surface area contributed by atoms with E-state index in [1.165, 1.54) is 5.56 Å². The monoisotopic (exact) mass is 276 g/mol. The van der Waals surface area contributed by atoms with Gasteiger partial charge in [-0.05, 0) is 37.2 Å². The predicted octanol–water partition coefficient (Wildman–Crippen LogP) is 1.50. The largest absolute Gasteiger partial charge is 0.548 e. The summed E-state index contributed by atoms with van der Waals surface area (Å²) in [6, 6.07) is 10.2. The second kappa shape index (κ2) is 5.17. The topological polar surface area (TPSA) is 52.2 Å². The normalized spacial score (nSPS) is 34.5. The first-order chi connectivity index (χ1) is 9.19. The summed E-state index contributed by atoms with van der Waals surface area (Å²) in [5.74, 6) is 0.295. The maximum absolute atomic E-state index is 10.9. The van der Waals surface area contributed by atoms with Gasteiger partial charge in [0.25, 0.3) is 0 Å².